The van der Waals surface area contributed by atoms with E-state index in [1.807, 2.05) is 4.72 Å². The highest BCUT2D eigenvalue weighted by molar-refractivity contribution is 8.00. The molecule has 1 aromatic rings. The minimum absolute atomic E-state index is 0.176. The summed E-state index contributed by atoms with van der Waals surface area (Å²) in [6.07, 6.45) is 1.24. The van der Waals surface area contributed by atoms with Gasteiger partial charge in [0, 0.05) is 12.3 Å². The van der Waals surface area contributed by atoms with Gasteiger partial charge in [0.2, 0.25) is 0 Å². The van der Waals surface area contributed by atoms with Gasteiger partial charge in [0.15, 0.2) is 5.03 Å². The molecule has 0 fully saturated rings. The van der Waals surface area contributed by atoms with Crippen molar-refractivity contribution < 1.29 is 21.6 Å². The van der Waals surface area contributed by atoms with E-state index in [1.54, 1.807) is 0 Å². The van der Waals surface area contributed by atoms with E-state index in [2.05, 4.69) is 10.2 Å². The summed E-state index contributed by atoms with van der Waals surface area (Å²) in [5.74, 6) is -0.378. The first-order valence-electron chi connectivity index (χ1n) is 4.01. The standard InChI is InChI=1S/C6H8F3N3O2S2/c7-6(8,9)15-4-3-11-16(13,14)5-1-2-10-12-5/h1-2,11H,3-4H2,(H,10,12). The summed E-state index contributed by atoms with van der Waals surface area (Å²) in [7, 11) is -3.78. The molecular formula is C6H8F3N3O2S2. The van der Waals surface area contributed by atoms with E-state index in [0.29, 0.717) is 0 Å². The summed E-state index contributed by atoms with van der Waals surface area (Å²) in [4.78, 5) is 0. The predicted octanol–water partition coefficient (Wildman–Crippen LogP) is 0.941. The van der Waals surface area contributed by atoms with Gasteiger partial charge < -0.3 is 0 Å². The molecule has 0 unspecified atom stereocenters. The number of alkyl halides is 3. The van der Waals surface area contributed by atoms with Crippen molar-refractivity contribution in [3.8, 4) is 0 Å². The van der Waals surface area contributed by atoms with Crippen LogP contribution >= 0.6 is 11.8 Å². The molecule has 0 radical (unpaired) electrons. The molecule has 0 spiro atoms. The van der Waals surface area contributed by atoms with E-state index in [4.69, 9.17) is 0 Å². The highest BCUT2D eigenvalue weighted by atomic mass is 32.2. The topological polar surface area (TPSA) is 74.8 Å². The van der Waals surface area contributed by atoms with E-state index in [9.17, 15) is 21.6 Å². The summed E-state index contributed by atoms with van der Waals surface area (Å²) in [5, 5.41) is 5.46. The zero-order valence-corrected chi connectivity index (χ0v) is 9.42. The second-order valence-electron chi connectivity index (χ2n) is 2.61. The average Bonchev–Trinajstić information content (AvgIpc) is 2.64. The van der Waals surface area contributed by atoms with Gasteiger partial charge in [-0.3, -0.25) is 5.10 Å². The molecule has 0 aromatic carbocycles. The maximum atomic E-state index is 11.7. The minimum atomic E-state index is -4.35. The molecule has 10 heteroatoms. The fraction of sp³-hybridized carbons (Fsp3) is 0.500. The highest BCUT2D eigenvalue weighted by Crippen LogP contribution is 2.29. The number of H-pyrrole nitrogens is 1. The molecule has 2 N–H and O–H groups in total. The van der Waals surface area contributed by atoms with E-state index in [0.717, 1.165) is 0 Å². The van der Waals surface area contributed by atoms with E-state index in [1.165, 1.54) is 12.3 Å². The van der Waals surface area contributed by atoms with Crippen LogP contribution in [0, 0.1) is 0 Å². The summed E-state index contributed by atoms with van der Waals surface area (Å²) in [5.41, 5.74) is -4.35. The average molecular weight is 275 g/mol. The van der Waals surface area contributed by atoms with Crippen LogP contribution in [0.1, 0.15) is 0 Å². The zero-order valence-electron chi connectivity index (χ0n) is 7.78. The quantitative estimate of drug-likeness (QED) is 0.784. The first-order valence-corrected chi connectivity index (χ1v) is 6.48. The molecule has 0 saturated heterocycles. The lowest BCUT2D eigenvalue weighted by atomic mass is 10.8. The van der Waals surface area contributed by atoms with Crippen LogP contribution in [0.3, 0.4) is 0 Å². The molecule has 16 heavy (non-hydrogen) atoms. The first kappa shape index (κ1) is 13.3. The Hall–Kier alpha value is -0.740. The molecular weight excluding hydrogens is 267 g/mol. The molecule has 0 saturated carbocycles. The second kappa shape index (κ2) is 5.06. The smallest absolute Gasteiger partial charge is 0.266 e. The predicted molar refractivity (Wildman–Crippen MR) is 52.3 cm³/mol. The van der Waals surface area contributed by atoms with Crippen molar-refractivity contribution in [1.82, 2.24) is 14.9 Å². The molecule has 0 aliphatic heterocycles. The Morgan fingerprint density at radius 3 is 2.69 bits per heavy atom. The molecule has 0 aliphatic rings. The first-order chi connectivity index (χ1) is 7.31. The number of aromatic nitrogens is 2. The number of thioether (sulfide) groups is 1. The number of nitrogens with one attached hydrogen (secondary N) is 2. The van der Waals surface area contributed by atoms with Crippen LogP contribution in [-0.2, 0) is 10.0 Å². The maximum absolute atomic E-state index is 11.7. The Morgan fingerprint density at radius 2 is 2.19 bits per heavy atom. The van der Waals surface area contributed by atoms with Crippen LogP contribution < -0.4 is 4.72 Å². The molecule has 1 heterocycles. The van der Waals surface area contributed by atoms with Crippen molar-refractivity contribution in [2.45, 2.75) is 10.5 Å². The number of halogens is 3. The van der Waals surface area contributed by atoms with Gasteiger partial charge >= 0.3 is 5.51 Å². The second-order valence-corrected chi connectivity index (χ2v) is 5.51. The summed E-state index contributed by atoms with van der Waals surface area (Å²) in [6, 6.07) is 1.21. The third-order valence-corrected chi connectivity index (χ3v) is 3.55. The zero-order chi connectivity index (χ0) is 12.2. The summed E-state index contributed by atoms with van der Waals surface area (Å²) >= 11 is -0.281. The normalized spacial score (nSPS) is 12.9. The van der Waals surface area contributed by atoms with Crippen LogP contribution in [0.25, 0.3) is 0 Å². The molecule has 92 valence electrons. The van der Waals surface area contributed by atoms with Gasteiger partial charge in [-0.05, 0) is 17.8 Å². The fourth-order valence-electron chi connectivity index (χ4n) is 0.813. The molecule has 5 nitrogen and oxygen atoms in total. The summed E-state index contributed by atoms with van der Waals surface area (Å²) < 4.78 is 59.9. The molecule has 0 amide bonds. The van der Waals surface area contributed by atoms with E-state index >= 15 is 0 Å². The molecule has 0 atom stereocenters. The Kier molecular flexibility index (Phi) is 4.21. The highest BCUT2D eigenvalue weighted by Gasteiger charge is 2.27. The SMILES string of the molecule is O=S(=O)(NCCSC(F)(F)F)c1ccn[nH]1. The van der Waals surface area contributed by atoms with Crippen molar-refractivity contribution in [3.63, 3.8) is 0 Å². The van der Waals surface area contributed by atoms with Gasteiger partial charge in [-0.25, -0.2) is 13.1 Å². The largest absolute Gasteiger partial charge is 0.441 e. The molecule has 0 aliphatic carbocycles. The number of sulfonamides is 1. The molecule has 1 rings (SSSR count). The van der Waals surface area contributed by atoms with Crippen molar-refractivity contribution in [3.05, 3.63) is 12.3 Å². The lowest BCUT2D eigenvalue weighted by Gasteiger charge is -2.06. The number of nitrogens with zero attached hydrogens (tertiary/aromatic N) is 1. The Bertz CT molecular complexity index is 415. The number of rotatable bonds is 5. The van der Waals surface area contributed by atoms with Crippen LogP contribution in [-0.4, -0.2) is 36.4 Å². The van der Waals surface area contributed by atoms with E-state index < -0.39 is 15.5 Å². The summed E-state index contributed by atoms with van der Waals surface area (Å²) in [6.45, 7) is -0.300. The van der Waals surface area contributed by atoms with Gasteiger partial charge in [0.25, 0.3) is 10.0 Å². The molecule has 1 aromatic heterocycles. The van der Waals surface area contributed by atoms with Crippen molar-refractivity contribution in [2.24, 2.45) is 0 Å². The van der Waals surface area contributed by atoms with Gasteiger partial charge in [-0.2, -0.15) is 18.3 Å². The van der Waals surface area contributed by atoms with Crippen molar-refractivity contribution >= 4 is 21.8 Å². The third kappa shape index (κ3) is 4.41. The Balaban J connectivity index is 2.39. The number of hydrogen-bond donors (Lipinski definition) is 2. The van der Waals surface area contributed by atoms with Gasteiger partial charge in [-0.15, -0.1) is 0 Å². The van der Waals surface area contributed by atoms with Crippen LogP contribution in [0.5, 0.6) is 0 Å². The van der Waals surface area contributed by atoms with Gasteiger partial charge in [-0.1, -0.05) is 0 Å². The monoisotopic (exact) mass is 275 g/mol. The Labute approximate surface area is 93.9 Å². The number of hydrogen-bond acceptors (Lipinski definition) is 4. The molecule has 0 bridgehead atoms. The Morgan fingerprint density at radius 1 is 1.50 bits per heavy atom. The number of aromatic amines is 1. The van der Waals surface area contributed by atoms with Crippen LogP contribution in [0.4, 0.5) is 13.2 Å². The van der Waals surface area contributed by atoms with Crippen LogP contribution in [0.15, 0.2) is 17.3 Å². The third-order valence-electron chi connectivity index (χ3n) is 1.42. The van der Waals surface area contributed by atoms with Crippen molar-refractivity contribution in [1.29, 1.82) is 0 Å². The van der Waals surface area contributed by atoms with Gasteiger partial charge in [0.1, 0.15) is 0 Å². The van der Waals surface area contributed by atoms with Crippen molar-refractivity contribution in [2.75, 3.05) is 12.3 Å². The fourth-order valence-corrected chi connectivity index (χ4v) is 2.32. The maximum Gasteiger partial charge on any atom is 0.441 e. The lowest BCUT2D eigenvalue weighted by Crippen LogP contribution is -2.27. The minimum Gasteiger partial charge on any atom is -0.266 e. The lowest BCUT2D eigenvalue weighted by molar-refractivity contribution is -0.0327. The van der Waals surface area contributed by atoms with E-state index in [-0.39, 0.29) is 29.1 Å². The van der Waals surface area contributed by atoms with Gasteiger partial charge in [0.05, 0.1) is 6.20 Å². The van der Waals surface area contributed by atoms with Crippen LogP contribution in [0.2, 0.25) is 0 Å².